The molecule has 1 N–H and O–H groups in total. The van der Waals surface area contributed by atoms with Crippen molar-refractivity contribution < 1.29 is 14.7 Å². The lowest BCUT2D eigenvalue weighted by molar-refractivity contribution is -0.119. The molecule has 0 aromatic heterocycles. The van der Waals surface area contributed by atoms with E-state index in [2.05, 4.69) is 0 Å². The van der Waals surface area contributed by atoms with Crippen molar-refractivity contribution in [3.63, 3.8) is 0 Å². The van der Waals surface area contributed by atoms with E-state index in [1.165, 1.54) is 0 Å². The number of likely N-dealkylation sites (N-methyl/N-ethyl adjacent to an activating group) is 1. The van der Waals surface area contributed by atoms with E-state index >= 15 is 0 Å². The summed E-state index contributed by atoms with van der Waals surface area (Å²) in [7, 11) is 0. The fourth-order valence-electron chi connectivity index (χ4n) is 2.57. The van der Waals surface area contributed by atoms with Gasteiger partial charge in [0.25, 0.3) is 5.91 Å². The van der Waals surface area contributed by atoms with Crippen molar-refractivity contribution >= 4 is 17.5 Å². The third-order valence-electron chi connectivity index (χ3n) is 3.79. The normalized spacial score (nSPS) is 15.1. The highest BCUT2D eigenvalue weighted by molar-refractivity contribution is 5.97. The Bertz CT molecular complexity index is 499. The second-order valence-electron chi connectivity index (χ2n) is 5.16. The van der Waals surface area contributed by atoms with Crippen molar-refractivity contribution in [1.82, 2.24) is 4.90 Å². The molecular formula is C16H22N2O3. The Hall–Kier alpha value is -1.88. The van der Waals surface area contributed by atoms with Gasteiger partial charge in [-0.25, -0.2) is 0 Å². The molecule has 1 aromatic carbocycles. The van der Waals surface area contributed by atoms with E-state index < -0.39 is 0 Å². The van der Waals surface area contributed by atoms with Crippen LogP contribution in [-0.4, -0.2) is 48.1 Å². The van der Waals surface area contributed by atoms with Crippen molar-refractivity contribution in [1.29, 1.82) is 0 Å². The first kappa shape index (κ1) is 15.5. The van der Waals surface area contributed by atoms with Crippen molar-refractivity contribution in [2.75, 3.05) is 31.1 Å². The molecule has 2 amide bonds. The smallest absolute Gasteiger partial charge is 0.253 e. The number of rotatable bonds is 5. The van der Waals surface area contributed by atoms with Crippen molar-refractivity contribution in [3.05, 3.63) is 29.8 Å². The highest BCUT2D eigenvalue weighted by atomic mass is 16.3. The summed E-state index contributed by atoms with van der Waals surface area (Å²) in [6, 6.07) is 7.14. The van der Waals surface area contributed by atoms with Crippen LogP contribution >= 0.6 is 0 Å². The third kappa shape index (κ3) is 3.61. The lowest BCUT2D eigenvalue weighted by atomic mass is 10.1. The molecule has 5 heteroatoms. The predicted octanol–water partition coefficient (Wildman–Crippen LogP) is 1.66. The number of hydrogen-bond acceptors (Lipinski definition) is 3. The van der Waals surface area contributed by atoms with Gasteiger partial charge in [-0.15, -0.1) is 0 Å². The van der Waals surface area contributed by atoms with E-state index in [0.29, 0.717) is 25.1 Å². The van der Waals surface area contributed by atoms with Gasteiger partial charge >= 0.3 is 0 Å². The Morgan fingerprint density at radius 2 is 2.00 bits per heavy atom. The zero-order chi connectivity index (χ0) is 15.2. The first-order valence-electron chi connectivity index (χ1n) is 7.48. The Balaban J connectivity index is 2.11. The second-order valence-corrected chi connectivity index (χ2v) is 5.16. The van der Waals surface area contributed by atoms with Gasteiger partial charge in [0.05, 0.1) is 6.61 Å². The maximum atomic E-state index is 12.3. The molecule has 1 aliphatic rings. The first-order valence-corrected chi connectivity index (χ1v) is 7.48. The maximum Gasteiger partial charge on any atom is 0.253 e. The van der Waals surface area contributed by atoms with Crippen LogP contribution in [0, 0.1) is 0 Å². The van der Waals surface area contributed by atoms with Crippen LogP contribution in [0.5, 0.6) is 0 Å². The summed E-state index contributed by atoms with van der Waals surface area (Å²) >= 11 is 0. The SMILES string of the molecule is CCN(CCO)C(=O)c1ccc(N2CCCCC2=O)cc1. The predicted molar refractivity (Wildman–Crippen MR) is 81.3 cm³/mol. The number of benzene rings is 1. The minimum atomic E-state index is -0.0944. The lowest BCUT2D eigenvalue weighted by Crippen LogP contribution is -2.35. The molecule has 1 aromatic rings. The number of carbonyl (C=O) groups is 2. The van der Waals surface area contributed by atoms with Crippen LogP contribution in [0.1, 0.15) is 36.5 Å². The van der Waals surface area contributed by atoms with Gasteiger partial charge in [0.2, 0.25) is 5.91 Å². The van der Waals surface area contributed by atoms with E-state index in [0.717, 1.165) is 25.1 Å². The van der Waals surface area contributed by atoms with E-state index in [1.54, 1.807) is 21.9 Å². The number of anilines is 1. The number of piperidine rings is 1. The number of hydrogen-bond donors (Lipinski definition) is 1. The third-order valence-corrected chi connectivity index (χ3v) is 3.79. The number of nitrogens with zero attached hydrogens (tertiary/aromatic N) is 2. The summed E-state index contributed by atoms with van der Waals surface area (Å²) in [5, 5.41) is 8.97. The van der Waals surface area contributed by atoms with E-state index in [-0.39, 0.29) is 18.4 Å². The number of aliphatic hydroxyl groups is 1. The first-order chi connectivity index (χ1) is 10.2. The highest BCUT2D eigenvalue weighted by Crippen LogP contribution is 2.21. The lowest BCUT2D eigenvalue weighted by Gasteiger charge is -2.27. The van der Waals surface area contributed by atoms with Crippen molar-refractivity contribution in [2.24, 2.45) is 0 Å². The fourth-order valence-corrected chi connectivity index (χ4v) is 2.57. The van der Waals surface area contributed by atoms with Crippen LogP contribution < -0.4 is 4.90 Å². The largest absolute Gasteiger partial charge is 0.395 e. The molecule has 114 valence electrons. The molecular weight excluding hydrogens is 268 g/mol. The van der Waals surface area contributed by atoms with Gasteiger partial charge in [-0.3, -0.25) is 9.59 Å². The second kappa shape index (κ2) is 7.22. The Morgan fingerprint density at radius 1 is 1.29 bits per heavy atom. The Kier molecular flexibility index (Phi) is 5.33. The average molecular weight is 290 g/mol. The maximum absolute atomic E-state index is 12.3. The molecule has 2 rings (SSSR count). The molecule has 1 fully saturated rings. The standard InChI is InChI=1S/C16H22N2O3/c1-2-17(11-12-19)16(21)13-6-8-14(9-7-13)18-10-4-3-5-15(18)20/h6-9,19H,2-5,10-12H2,1H3. The molecule has 1 aliphatic heterocycles. The van der Waals surface area contributed by atoms with E-state index in [1.807, 2.05) is 19.1 Å². The quantitative estimate of drug-likeness (QED) is 0.897. The van der Waals surface area contributed by atoms with Gasteiger partial charge in [-0.2, -0.15) is 0 Å². The molecule has 0 spiro atoms. The summed E-state index contributed by atoms with van der Waals surface area (Å²) in [6.07, 6.45) is 2.58. The van der Waals surface area contributed by atoms with Crippen LogP contribution in [0.4, 0.5) is 5.69 Å². The Morgan fingerprint density at radius 3 is 2.57 bits per heavy atom. The molecule has 21 heavy (non-hydrogen) atoms. The van der Waals surface area contributed by atoms with Gasteiger partial charge in [-0.1, -0.05) is 0 Å². The summed E-state index contributed by atoms with van der Waals surface area (Å²) in [6.45, 7) is 3.49. The van der Waals surface area contributed by atoms with Crippen LogP contribution in [0.3, 0.4) is 0 Å². The topological polar surface area (TPSA) is 60.9 Å². The van der Waals surface area contributed by atoms with Gasteiger partial charge in [0, 0.05) is 37.3 Å². The zero-order valence-electron chi connectivity index (χ0n) is 12.4. The molecule has 0 unspecified atom stereocenters. The zero-order valence-corrected chi connectivity index (χ0v) is 12.4. The molecule has 1 saturated heterocycles. The van der Waals surface area contributed by atoms with E-state index in [4.69, 9.17) is 5.11 Å². The van der Waals surface area contributed by atoms with Crippen molar-refractivity contribution in [2.45, 2.75) is 26.2 Å². The van der Waals surface area contributed by atoms with Gasteiger partial charge in [-0.05, 0) is 44.0 Å². The number of carbonyl (C=O) groups excluding carboxylic acids is 2. The Labute approximate surface area is 125 Å². The van der Waals surface area contributed by atoms with Crippen LogP contribution in [0.2, 0.25) is 0 Å². The van der Waals surface area contributed by atoms with Crippen LogP contribution in [-0.2, 0) is 4.79 Å². The van der Waals surface area contributed by atoms with Gasteiger partial charge < -0.3 is 14.9 Å². The summed E-state index contributed by atoms with van der Waals surface area (Å²) in [5.41, 5.74) is 1.43. The fraction of sp³-hybridized carbons (Fsp3) is 0.500. The summed E-state index contributed by atoms with van der Waals surface area (Å²) in [5.74, 6) is 0.0545. The monoisotopic (exact) mass is 290 g/mol. The molecule has 0 aliphatic carbocycles. The molecule has 1 heterocycles. The summed E-state index contributed by atoms with van der Waals surface area (Å²) < 4.78 is 0. The van der Waals surface area contributed by atoms with Crippen LogP contribution in [0.25, 0.3) is 0 Å². The number of amides is 2. The minimum Gasteiger partial charge on any atom is -0.395 e. The average Bonchev–Trinajstić information content (AvgIpc) is 2.52. The van der Waals surface area contributed by atoms with Gasteiger partial charge in [0.1, 0.15) is 0 Å². The minimum absolute atomic E-state index is 0.0417. The summed E-state index contributed by atoms with van der Waals surface area (Å²) in [4.78, 5) is 27.5. The van der Waals surface area contributed by atoms with Crippen LogP contribution in [0.15, 0.2) is 24.3 Å². The molecule has 0 radical (unpaired) electrons. The number of aliphatic hydroxyl groups excluding tert-OH is 1. The molecule has 0 bridgehead atoms. The van der Waals surface area contributed by atoms with E-state index in [9.17, 15) is 9.59 Å². The molecule has 0 saturated carbocycles. The highest BCUT2D eigenvalue weighted by Gasteiger charge is 2.20. The molecule has 5 nitrogen and oxygen atoms in total. The molecule has 0 atom stereocenters. The van der Waals surface area contributed by atoms with Crippen molar-refractivity contribution in [3.8, 4) is 0 Å². The van der Waals surface area contributed by atoms with Gasteiger partial charge in [0.15, 0.2) is 0 Å².